The van der Waals surface area contributed by atoms with Gasteiger partial charge < -0.3 is 5.32 Å². The molecule has 1 aromatic carbocycles. The zero-order valence-corrected chi connectivity index (χ0v) is 19.6. The van der Waals surface area contributed by atoms with Gasteiger partial charge in [0, 0.05) is 26.2 Å². The van der Waals surface area contributed by atoms with E-state index in [2.05, 4.69) is 32.1 Å². The van der Waals surface area contributed by atoms with Gasteiger partial charge in [-0.15, -0.1) is 5.10 Å². The normalized spacial score (nSPS) is 10.8. The molecule has 0 aliphatic rings. The van der Waals surface area contributed by atoms with Gasteiger partial charge in [-0.1, -0.05) is 56.9 Å². The number of carbonyl (C=O) groups excluding carboxylic acids is 2. The third kappa shape index (κ3) is 7.96. The molecular formula is C23H35N5O4. The molecule has 0 bridgehead atoms. The van der Waals surface area contributed by atoms with Crippen LogP contribution in [-0.2, 0) is 28.0 Å². The van der Waals surface area contributed by atoms with Crippen LogP contribution in [0.5, 0.6) is 0 Å². The number of hydrogen-bond acceptors (Lipinski definition) is 6. The van der Waals surface area contributed by atoms with E-state index in [4.69, 9.17) is 0 Å². The van der Waals surface area contributed by atoms with Crippen molar-refractivity contribution in [3.63, 3.8) is 0 Å². The molecule has 176 valence electrons. The van der Waals surface area contributed by atoms with Gasteiger partial charge in [0.25, 0.3) is 5.95 Å². The van der Waals surface area contributed by atoms with Gasteiger partial charge in [-0.2, -0.15) is 9.87 Å². The minimum absolute atomic E-state index is 0.216. The Hall–Kier alpha value is -2.94. The highest BCUT2D eigenvalue weighted by atomic mass is 17.2. The van der Waals surface area contributed by atoms with Gasteiger partial charge in [0.05, 0.1) is 13.0 Å². The Bertz CT molecular complexity index is 851. The molecular weight excluding hydrogens is 410 g/mol. The van der Waals surface area contributed by atoms with Crippen molar-refractivity contribution in [3.05, 3.63) is 29.8 Å². The van der Waals surface area contributed by atoms with Crippen molar-refractivity contribution in [1.82, 2.24) is 20.1 Å². The topological polar surface area (TPSA) is 98.6 Å². The Balaban J connectivity index is 1.90. The van der Waals surface area contributed by atoms with Crippen LogP contribution in [-0.4, -0.2) is 47.0 Å². The summed E-state index contributed by atoms with van der Waals surface area (Å²) in [7, 11) is 3.46. The summed E-state index contributed by atoms with van der Waals surface area (Å²) in [5, 5.41) is 7.30. The van der Waals surface area contributed by atoms with Crippen LogP contribution < -0.4 is 10.2 Å². The average molecular weight is 446 g/mol. The number of rotatable bonds is 13. The Morgan fingerprint density at radius 2 is 1.81 bits per heavy atom. The lowest BCUT2D eigenvalue weighted by Crippen LogP contribution is -2.38. The number of hydrogen-bond donors (Lipinski definition) is 1. The molecule has 0 saturated carbocycles. The second kappa shape index (κ2) is 13.5. The average Bonchev–Trinajstić information content (AvgIpc) is 3.19. The van der Waals surface area contributed by atoms with Crippen molar-refractivity contribution in [2.75, 3.05) is 25.1 Å². The van der Waals surface area contributed by atoms with Crippen LogP contribution in [0, 0.1) is 0 Å². The Labute approximate surface area is 190 Å². The number of nitrogens with one attached hydrogen (secondary N) is 1. The molecule has 2 amide bonds. The van der Waals surface area contributed by atoms with E-state index < -0.39 is 5.97 Å². The first-order valence-corrected chi connectivity index (χ1v) is 11.3. The second-order valence-corrected chi connectivity index (χ2v) is 7.62. The first kappa shape index (κ1) is 25.3. The Morgan fingerprint density at radius 3 is 2.50 bits per heavy atom. The Kier molecular flexibility index (Phi) is 10.7. The van der Waals surface area contributed by atoms with Gasteiger partial charge in [0.1, 0.15) is 0 Å². The van der Waals surface area contributed by atoms with Gasteiger partial charge in [0.2, 0.25) is 0 Å². The SMILES string of the molecule is CCCCCCCNC(=O)N(C)c1nc(-c2ccc(CCC(=O)OOCC)cc2)n(C)n1. The zero-order chi connectivity index (χ0) is 23.3. The van der Waals surface area contributed by atoms with Gasteiger partial charge in [-0.25, -0.2) is 14.3 Å². The van der Waals surface area contributed by atoms with Crippen LogP contribution in [0.4, 0.5) is 10.7 Å². The highest BCUT2D eigenvalue weighted by molar-refractivity contribution is 5.89. The summed E-state index contributed by atoms with van der Waals surface area (Å²) < 4.78 is 1.65. The standard InChI is InChI=1S/C23H35N5O4/c1-5-7-8-9-10-17-24-23(30)27(3)22-25-21(28(4)26-22)19-14-11-18(12-15-19)13-16-20(29)32-31-6-2/h11-12,14-15H,5-10,13,16-17H2,1-4H3,(H,24,30). The van der Waals surface area contributed by atoms with E-state index in [1.807, 2.05) is 24.3 Å². The zero-order valence-electron chi connectivity index (χ0n) is 19.6. The fourth-order valence-electron chi connectivity index (χ4n) is 3.13. The third-order valence-electron chi connectivity index (χ3n) is 5.01. The van der Waals surface area contributed by atoms with E-state index in [0.717, 1.165) is 24.0 Å². The van der Waals surface area contributed by atoms with Crippen molar-refractivity contribution in [1.29, 1.82) is 0 Å². The predicted octanol–water partition coefficient (Wildman–Crippen LogP) is 4.03. The maximum absolute atomic E-state index is 12.4. The number of amides is 2. The minimum atomic E-state index is -0.392. The maximum Gasteiger partial charge on any atom is 0.342 e. The van der Waals surface area contributed by atoms with Crippen LogP contribution in [0.1, 0.15) is 57.9 Å². The van der Waals surface area contributed by atoms with Crippen LogP contribution in [0.25, 0.3) is 11.4 Å². The lowest BCUT2D eigenvalue weighted by atomic mass is 10.1. The summed E-state index contributed by atoms with van der Waals surface area (Å²) in [6, 6.07) is 7.51. The quantitative estimate of drug-likeness (QED) is 0.284. The summed E-state index contributed by atoms with van der Waals surface area (Å²) in [4.78, 5) is 39.2. The number of aromatic nitrogens is 3. The molecule has 0 spiro atoms. The number of benzene rings is 1. The Morgan fingerprint density at radius 1 is 1.09 bits per heavy atom. The fraction of sp³-hybridized carbons (Fsp3) is 0.565. The molecule has 9 nitrogen and oxygen atoms in total. The second-order valence-electron chi connectivity index (χ2n) is 7.62. The monoisotopic (exact) mass is 445 g/mol. The van der Waals surface area contributed by atoms with E-state index >= 15 is 0 Å². The molecule has 32 heavy (non-hydrogen) atoms. The molecule has 0 aliphatic carbocycles. The molecule has 0 aliphatic heterocycles. The molecule has 2 rings (SSSR count). The van der Waals surface area contributed by atoms with Crippen LogP contribution >= 0.6 is 0 Å². The van der Waals surface area contributed by atoms with Crippen molar-refractivity contribution >= 4 is 17.9 Å². The first-order valence-electron chi connectivity index (χ1n) is 11.3. The van der Waals surface area contributed by atoms with Gasteiger partial charge in [-0.05, 0) is 25.3 Å². The summed E-state index contributed by atoms with van der Waals surface area (Å²) in [6.07, 6.45) is 6.52. The molecule has 0 saturated heterocycles. The number of anilines is 1. The number of aryl methyl sites for hydroxylation is 2. The smallest absolute Gasteiger partial charge is 0.338 e. The number of nitrogens with zero attached hydrogens (tertiary/aromatic N) is 4. The summed E-state index contributed by atoms with van der Waals surface area (Å²) >= 11 is 0. The highest BCUT2D eigenvalue weighted by Gasteiger charge is 2.18. The van der Waals surface area contributed by atoms with Crippen molar-refractivity contribution in [2.45, 2.75) is 58.8 Å². The van der Waals surface area contributed by atoms with Crippen LogP contribution in [0.2, 0.25) is 0 Å². The molecule has 9 heteroatoms. The van der Waals surface area contributed by atoms with E-state index in [-0.39, 0.29) is 12.5 Å². The molecule has 0 atom stereocenters. The fourth-order valence-corrected chi connectivity index (χ4v) is 3.13. The number of urea groups is 1. The van der Waals surface area contributed by atoms with Gasteiger partial charge in [-0.3, -0.25) is 9.79 Å². The van der Waals surface area contributed by atoms with Crippen LogP contribution in [0.15, 0.2) is 24.3 Å². The number of unbranched alkanes of at least 4 members (excludes halogenated alkanes) is 4. The first-order chi connectivity index (χ1) is 15.5. The number of carbonyl (C=O) groups is 2. The summed E-state index contributed by atoms with van der Waals surface area (Å²) in [6.45, 7) is 4.91. The van der Waals surface area contributed by atoms with E-state index in [0.29, 0.717) is 31.3 Å². The lowest BCUT2D eigenvalue weighted by Gasteiger charge is -2.13. The van der Waals surface area contributed by atoms with Crippen molar-refractivity contribution < 1.29 is 19.4 Å². The summed E-state index contributed by atoms with van der Waals surface area (Å²) in [5.74, 6) is 0.603. The molecule has 1 N–H and O–H groups in total. The molecule has 0 radical (unpaired) electrons. The van der Waals surface area contributed by atoms with E-state index in [1.165, 1.54) is 24.2 Å². The van der Waals surface area contributed by atoms with E-state index in [1.54, 1.807) is 25.7 Å². The highest BCUT2D eigenvalue weighted by Crippen LogP contribution is 2.20. The molecule has 0 fully saturated rings. The third-order valence-corrected chi connectivity index (χ3v) is 5.01. The lowest BCUT2D eigenvalue weighted by molar-refractivity contribution is -0.269. The predicted molar refractivity (Wildman–Crippen MR) is 123 cm³/mol. The van der Waals surface area contributed by atoms with Gasteiger partial charge in [0.15, 0.2) is 5.82 Å². The molecule has 1 heterocycles. The van der Waals surface area contributed by atoms with Crippen LogP contribution in [0.3, 0.4) is 0 Å². The summed E-state index contributed by atoms with van der Waals surface area (Å²) in [5.41, 5.74) is 1.87. The van der Waals surface area contributed by atoms with Crippen molar-refractivity contribution in [3.8, 4) is 11.4 Å². The largest absolute Gasteiger partial charge is 0.342 e. The maximum atomic E-state index is 12.4. The van der Waals surface area contributed by atoms with E-state index in [9.17, 15) is 9.59 Å². The van der Waals surface area contributed by atoms with Crippen molar-refractivity contribution in [2.24, 2.45) is 7.05 Å². The molecule has 2 aromatic rings. The van der Waals surface area contributed by atoms with Gasteiger partial charge >= 0.3 is 12.0 Å². The molecule has 1 aromatic heterocycles. The minimum Gasteiger partial charge on any atom is -0.338 e. The molecule has 0 unspecified atom stereocenters.